The summed E-state index contributed by atoms with van der Waals surface area (Å²) in [4.78, 5) is 11.3. The summed E-state index contributed by atoms with van der Waals surface area (Å²) >= 11 is 5.99. The summed E-state index contributed by atoms with van der Waals surface area (Å²) < 4.78 is 46.2. The van der Waals surface area contributed by atoms with Crippen molar-refractivity contribution in [3.63, 3.8) is 0 Å². The number of oxazole rings is 1. The molecule has 1 aromatic heterocycles. The Morgan fingerprint density at radius 1 is 1.22 bits per heavy atom. The number of nitrogens with zero attached hydrogens (tertiary/aromatic N) is 1. The minimum Gasteiger partial charge on any atom is -0.408 e. The van der Waals surface area contributed by atoms with Gasteiger partial charge in [0.15, 0.2) is 5.58 Å². The number of halogens is 2. The predicted molar refractivity (Wildman–Crippen MR) is 83.7 cm³/mol. The molecule has 3 aromatic rings. The molecule has 0 aliphatic heterocycles. The molecule has 0 saturated heterocycles. The Balaban J connectivity index is 2.10. The molecule has 9 heteroatoms. The third-order valence-corrected chi connectivity index (χ3v) is 5.08. The Morgan fingerprint density at radius 2 is 1.87 bits per heavy atom. The van der Waals surface area contributed by atoms with Crippen molar-refractivity contribution in [1.29, 1.82) is 0 Å². The van der Waals surface area contributed by atoms with Crippen LogP contribution in [-0.2, 0) is 17.1 Å². The van der Waals surface area contributed by atoms with Gasteiger partial charge in [0.05, 0.1) is 10.5 Å². The lowest BCUT2D eigenvalue weighted by molar-refractivity contribution is 0.528. The van der Waals surface area contributed by atoms with Gasteiger partial charge in [-0.25, -0.2) is 17.6 Å². The zero-order valence-corrected chi connectivity index (χ0v) is 13.3. The molecule has 1 heterocycles. The second-order valence-electron chi connectivity index (χ2n) is 4.79. The number of nitrogens with one attached hydrogen (secondary N) is 1. The van der Waals surface area contributed by atoms with Crippen molar-refractivity contribution >= 4 is 38.4 Å². The molecule has 0 saturated carbocycles. The zero-order valence-electron chi connectivity index (χ0n) is 11.7. The molecule has 3 rings (SSSR count). The van der Waals surface area contributed by atoms with Crippen LogP contribution in [0, 0.1) is 5.82 Å². The quantitative estimate of drug-likeness (QED) is 0.782. The van der Waals surface area contributed by atoms with E-state index in [1.807, 2.05) is 0 Å². The summed E-state index contributed by atoms with van der Waals surface area (Å²) in [5.41, 5.74) is 0.658. The molecule has 1 N–H and O–H groups in total. The highest BCUT2D eigenvalue weighted by Crippen LogP contribution is 2.28. The molecule has 120 valence electrons. The summed E-state index contributed by atoms with van der Waals surface area (Å²) in [6.45, 7) is 0. The summed E-state index contributed by atoms with van der Waals surface area (Å²) in [6.07, 6.45) is 0. The maximum Gasteiger partial charge on any atom is 0.419 e. The summed E-state index contributed by atoms with van der Waals surface area (Å²) in [6, 6.07) is 7.33. The van der Waals surface area contributed by atoms with E-state index in [0.29, 0.717) is 5.52 Å². The first-order chi connectivity index (χ1) is 10.8. The SMILES string of the molecule is Cn1c(=O)oc2cc(Cl)c(S(=O)(=O)Nc3ccc(F)cc3)cc21. The number of aryl methyl sites for hydroxylation is 1. The number of sulfonamides is 1. The fraction of sp³-hybridized carbons (Fsp3) is 0.0714. The molecule has 0 radical (unpaired) electrons. The molecule has 2 aromatic carbocycles. The van der Waals surface area contributed by atoms with Crippen LogP contribution in [0.5, 0.6) is 0 Å². The van der Waals surface area contributed by atoms with E-state index in [2.05, 4.69) is 4.72 Å². The third-order valence-electron chi connectivity index (χ3n) is 3.23. The molecule has 0 aliphatic carbocycles. The lowest BCUT2D eigenvalue weighted by Gasteiger charge is -2.09. The number of benzene rings is 2. The third kappa shape index (κ3) is 2.82. The van der Waals surface area contributed by atoms with Crippen molar-refractivity contribution in [2.24, 2.45) is 7.05 Å². The molecule has 0 aliphatic rings. The zero-order chi connectivity index (χ0) is 16.8. The highest BCUT2D eigenvalue weighted by Gasteiger charge is 2.21. The van der Waals surface area contributed by atoms with E-state index in [-0.39, 0.29) is 21.2 Å². The smallest absolute Gasteiger partial charge is 0.408 e. The molecule has 23 heavy (non-hydrogen) atoms. The monoisotopic (exact) mass is 356 g/mol. The predicted octanol–water partition coefficient (Wildman–Crippen LogP) is 2.72. The lowest BCUT2D eigenvalue weighted by atomic mass is 10.3. The van der Waals surface area contributed by atoms with Gasteiger partial charge in [-0.1, -0.05) is 11.6 Å². The highest BCUT2D eigenvalue weighted by molar-refractivity contribution is 7.92. The molecule has 0 spiro atoms. The summed E-state index contributed by atoms with van der Waals surface area (Å²) in [7, 11) is -2.57. The van der Waals surface area contributed by atoms with Gasteiger partial charge >= 0.3 is 5.76 Å². The normalized spacial score (nSPS) is 11.8. The summed E-state index contributed by atoms with van der Waals surface area (Å²) in [5, 5.41) is -0.0959. The number of aromatic nitrogens is 1. The van der Waals surface area contributed by atoms with Gasteiger partial charge in [-0.05, 0) is 30.3 Å². The Kier molecular flexibility index (Phi) is 3.65. The van der Waals surface area contributed by atoms with Crippen LogP contribution in [-0.4, -0.2) is 13.0 Å². The van der Waals surface area contributed by atoms with Crippen molar-refractivity contribution < 1.29 is 17.2 Å². The van der Waals surface area contributed by atoms with Gasteiger partial charge in [-0.3, -0.25) is 9.29 Å². The van der Waals surface area contributed by atoms with Crippen molar-refractivity contribution in [2.45, 2.75) is 4.90 Å². The van der Waals surface area contributed by atoms with Crippen LogP contribution in [0.4, 0.5) is 10.1 Å². The second-order valence-corrected chi connectivity index (χ2v) is 6.85. The van der Waals surface area contributed by atoms with E-state index >= 15 is 0 Å². The molecule has 0 fully saturated rings. The second kappa shape index (κ2) is 5.39. The van der Waals surface area contributed by atoms with Crippen LogP contribution in [0.25, 0.3) is 11.1 Å². The lowest BCUT2D eigenvalue weighted by Crippen LogP contribution is -2.14. The maximum absolute atomic E-state index is 12.9. The molecule has 0 unspecified atom stereocenters. The Labute approximate surface area is 135 Å². The van der Waals surface area contributed by atoms with Gasteiger partial charge in [0.2, 0.25) is 0 Å². The first-order valence-corrected chi connectivity index (χ1v) is 8.21. The van der Waals surface area contributed by atoms with E-state index in [9.17, 15) is 17.6 Å². The van der Waals surface area contributed by atoms with E-state index in [0.717, 1.165) is 12.1 Å². The Hall–Kier alpha value is -2.32. The van der Waals surface area contributed by atoms with Gasteiger partial charge in [-0.2, -0.15) is 0 Å². The first kappa shape index (κ1) is 15.6. The van der Waals surface area contributed by atoms with Crippen LogP contribution in [0.3, 0.4) is 0 Å². The average Bonchev–Trinajstić information content (AvgIpc) is 2.75. The number of hydrogen-bond donors (Lipinski definition) is 1. The van der Waals surface area contributed by atoms with Crippen LogP contribution >= 0.6 is 11.6 Å². The van der Waals surface area contributed by atoms with E-state index < -0.39 is 21.6 Å². The number of hydrogen-bond acceptors (Lipinski definition) is 4. The average molecular weight is 357 g/mol. The highest BCUT2D eigenvalue weighted by atomic mass is 35.5. The molecule has 0 atom stereocenters. The fourth-order valence-corrected chi connectivity index (χ4v) is 3.66. The first-order valence-electron chi connectivity index (χ1n) is 6.35. The molecule has 6 nitrogen and oxygen atoms in total. The van der Waals surface area contributed by atoms with Gasteiger partial charge in [0.25, 0.3) is 10.0 Å². The van der Waals surface area contributed by atoms with E-state index in [1.165, 1.54) is 35.9 Å². The number of anilines is 1. The minimum atomic E-state index is -4.02. The molecular weight excluding hydrogens is 347 g/mol. The Morgan fingerprint density at radius 3 is 2.52 bits per heavy atom. The van der Waals surface area contributed by atoms with Crippen molar-refractivity contribution in [1.82, 2.24) is 4.57 Å². The number of fused-ring (bicyclic) bond motifs is 1. The van der Waals surface area contributed by atoms with Crippen LogP contribution in [0.15, 0.2) is 50.5 Å². The van der Waals surface area contributed by atoms with Crippen molar-refractivity contribution in [3.05, 3.63) is 57.8 Å². The number of rotatable bonds is 3. The Bertz CT molecular complexity index is 1050. The van der Waals surface area contributed by atoms with Gasteiger partial charge in [0.1, 0.15) is 10.7 Å². The molecule has 0 amide bonds. The summed E-state index contributed by atoms with van der Waals surface area (Å²) in [5.74, 6) is -1.11. The van der Waals surface area contributed by atoms with Crippen LogP contribution in [0.2, 0.25) is 5.02 Å². The fourth-order valence-electron chi connectivity index (χ4n) is 2.06. The van der Waals surface area contributed by atoms with Crippen LogP contribution in [0.1, 0.15) is 0 Å². The molecule has 0 bridgehead atoms. The van der Waals surface area contributed by atoms with Crippen LogP contribution < -0.4 is 10.5 Å². The van der Waals surface area contributed by atoms with Gasteiger partial charge in [-0.15, -0.1) is 0 Å². The van der Waals surface area contributed by atoms with E-state index in [1.54, 1.807) is 0 Å². The van der Waals surface area contributed by atoms with E-state index in [4.69, 9.17) is 16.0 Å². The van der Waals surface area contributed by atoms with Gasteiger partial charge < -0.3 is 4.42 Å². The standard InChI is InChI=1S/C14H10ClFN2O4S/c1-18-11-7-13(10(15)6-12(11)22-14(18)19)23(20,21)17-9-4-2-8(16)3-5-9/h2-7,17H,1H3. The van der Waals surface area contributed by atoms with Crippen molar-refractivity contribution in [3.8, 4) is 0 Å². The largest absolute Gasteiger partial charge is 0.419 e. The molecular formula is C14H10ClFN2O4S. The minimum absolute atomic E-state index is 0.0959. The van der Waals surface area contributed by atoms with Gasteiger partial charge in [0, 0.05) is 18.8 Å². The maximum atomic E-state index is 12.9. The van der Waals surface area contributed by atoms with Crippen molar-refractivity contribution in [2.75, 3.05) is 4.72 Å². The topological polar surface area (TPSA) is 81.3 Å².